The molecule has 0 bridgehead atoms. The maximum atomic E-state index is 5.65. The molecule has 0 aliphatic carbocycles. The van der Waals surface area contributed by atoms with Gasteiger partial charge >= 0.3 is 0 Å². The molecule has 0 atom stereocenters. The van der Waals surface area contributed by atoms with Gasteiger partial charge in [-0.1, -0.05) is 25.1 Å². The molecule has 1 N–H and O–H groups in total. The summed E-state index contributed by atoms with van der Waals surface area (Å²) in [6.07, 6.45) is 4.95. The Morgan fingerprint density at radius 1 is 1.26 bits per heavy atom. The molecule has 0 fully saturated rings. The lowest BCUT2D eigenvalue weighted by Crippen LogP contribution is -2.11. The Morgan fingerprint density at radius 3 is 2.89 bits per heavy atom. The molecule has 0 amide bonds. The van der Waals surface area contributed by atoms with Gasteiger partial charge in [0.05, 0.1) is 18.6 Å². The number of hydrogen-bond acceptors (Lipinski definition) is 3. The summed E-state index contributed by atoms with van der Waals surface area (Å²) in [6, 6.07) is 9.91. The van der Waals surface area contributed by atoms with Gasteiger partial charge in [0.25, 0.3) is 0 Å². The van der Waals surface area contributed by atoms with Crippen LogP contribution in [0.5, 0.6) is 5.75 Å². The van der Waals surface area contributed by atoms with Crippen LogP contribution in [0.2, 0.25) is 0 Å². The molecule has 1 aromatic heterocycles. The molecule has 0 saturated heterocycles. The van der Waals surface area contributed by atoms with Crippen molar-refractivity contribution in [2.24, 2.45) is 0 Å². The molecule has 4 heteroatoms. The van der Waals surface area contributed by atoms with Crippen molar-refractivity contribution in [1.82, 2.24) is 14.9 Å². The highest BCUT2D eigenvalue weighted by Gasteiger charge is 1.98. The van der Waals surface area contributed by atoms with Gasteiger partial charge in [0, 0.05) is 19.3 Å². The molecule has 1 heterocycles. The van der Waals surface area contributed by atoms with Crippen LogP contribution in [-0.4, -0.2) is 22.7 Å². The van der Waals surface area contributed by atoms with Crippen molar-refractivity contribution in [2.75, 3.05) is 13.2 Å². The maximum absolute atomic E-state index is 5.65. The van der Waals surface area contributed by atoms with Gasteiger partial charge in [-0.25, -0.2) is 4.98 Å². The standard InChI is InChI=1S/C15H21N3O/c1-2-16-11-14-12-18(13-17-14)9-6-10-19-15-7-4-3-5-8-15/h3-5,7-8,12-13,16H,2,6,9-11H2,1H3. The summed E-state index contributed by atoms with van der Waals surface area (Å²) in [5.74, 6) is 0.931. The minimum absolute atomic E-state index is 0.727. The number of nitrogens with one attached hydrogen (secondary N) is 1. The lowest BCUT2D eigenvalue weighted by molar-refractivity contribution is 0.301. The minimum Gasteiger partial charge on any atom is -0.494 e. The molecule has 2 aromatic rings. The van der Waals surface area contributed by atoms with E-state index in [0.717, 1.165) is 44.1 Å². The van der Waals surface area contributed by atoms with Crippen LogP contribution in [0, 0.1) is 0 Å². The van der Waals surface area contributed by atoms with Crippen molar-refractivity contribution in [3.05, 3.63) is 48.5 Å². The van der Waals surface area contributed by atoms with Crippen LogP contribution in [0.4, 0.5) is 0 Å². The topological polar surface area (TPSA) is 39.1 Å². The van der Waals surface area contributed by atoms with Gasteiger partial charge in [-0.15, -0.1) is 0 Å². The van der Waals surface area contributed by atoms with Crippen LogP contribution in [0.3, 0.4) is 0 Å². The molecule has 0 saturated carbocycles. The van der Waals surface area contributed by atoms with Gasteiger partial charge < -0.3 is 14.6 Å². The first-order valence-electron chi connectivity index (χ1n) is 6.77. The third-order valence-electron chi connectivity index (χ3n) is 2.82. The van der Waals surface area contributed by atoms with E-state index in [1.807, 2.05) is 36.7 Å². The van der Waals surface area contributed by atoms with Gasteiger partial charge in [0.1, 0.15) is 5.75 Å². The van der Waals surface area contributed by atoms with Crippen LogP contribution in [0.1, 0.15) is 19.0 Å². The molecule has 2 rings (SSSR count). The number of para-hydroxylation sites is 1. The van der Waals surface area contributed by atoms with E-state index >= 15 is 0 Å². The second kappa shape index (κ2) is 7.59. The lowest BCUT2D eigenvalue weighted by atomic mass is 10.3. The Bertz CT molecular complexity index is 467. The molecule has 0 aliphatic rings. The third kappa shape index (κ3) is 4.75. The average Bonchev–Trinajstić information content (AvgIpc) is 2.90. The van der Waals surface area contributed by atoms with Gasteiger partial charge in [-0.3, -0.25) is 0 Å². The summed E-state index contributed by atoms with van der Waals surface area (Å²) in [7, 11) is 0. The maximum Gasteiger partial charge on any atom is 0.119 e. The minimum atomic E-state index is 0.727. The Labute approximate surface area is 114 Å². The molecule has 0 aliphatic heterocycles. The van der Waals surface area contributed by atoms with Crippen molar-refractivity contribution >= 4 is 0 Å². The number of nitrogens with zero attached hydrogens (tertiary/aromatic N) is 2. The second-order valence-electron chi connectivity index (χ2n) is 4.40. The number of aryl methyl sites for hydroxylation is 1. The van der Waals surface area contributed by atoms with Gasteiger partial charge in [0.2, 0.25) is 0 Å². The Balaban J connectivity index is 1.66. The summed E-state index contributed by atoms with van der Waals surface area (Å²) >= 11 is 0. The van der Waals surface area contributed by atoms with Crippen molar-refractivity contribution in [3.63, 3.8) is 0 Å². The summed E-state index contributed by atoms with van der Waals surface area (Å²) in [5.41, 5.74) is 1.09. The number of imidazole rings is 1. The summed E-state index contributed by atoms with van der Waals surface area (Å²) < 4.78 is 7.77. The molecular weight excluding hydrogens is 238 g/mol. The van der Waals surface area contributed by atoms with E-state index in [4.69, 9.17) is 4.74 Å². The predicted molar refractivity (Wildman–Crippen MR) is 76.2 cm³/mol. The van der Waals surface area contributed by atoms with Crippen LogP contribution in [-0.2, 0) is 13.1 Å². The first-order valence-corrected chi connectivity index (χ1v) is 6.77. The van der Waals surface area contributed by atoms with Gasteiger partial charge in [-0.2, -0.15) is 0 Å². The van der Waals surface area contributed by atoms with E-state index < -0.39 is 0 Å². The fourth-order valence-corrected chi connectivity index (χ4v) is 1.83. The van der Waals surface area contributed by atoms with Crippen LogP contribution in [0.25, 0.3) is 0 Å². The quantitative estimate of drug-likeness (QED) is 0.740. The zero-order valence-corrected chi connectivity index (χ0v) is 11.4. The fourth-order valence-electron chi connectivity index (χ4n) is 1.83. The van der Waals surface area contributed by atoms with E-state index in [0.29, 0.717) is 0 Å². The Hall–Kier alpha value is -1.81. The molecular formula is C15H21N3O. The molecule has 0 radical (unpaired) electrons. The predicted octanol–water partition coefficient (Wildman–Crippen LogP) is 2.46. The highest BCUT2D eigenvalue weighted by Crippen LogP contribution is 2.08. The Kier molecular flexibility index (Phi) is 5.44. The van der Waals surface area contributed by atoms with E-state index in [2.05, 4.69) is 28.0 Å². The monoisotopic (exact) mass is 259 g/mol. The SMILES string of the molecule is CCNCc1cn(CCCOc2ccccc2)cn1. The molecule has 0 unspecified atom stereocenters. The van der Waals surface area contributed by atoms with Crippen molar-refractivity contribution in [1.29, 1.82) is 0 Å². The van der Waals surface area contributed by atoms with E-state index in [1.165, 1.54) is 0 Å². The third-order valence-corrected chi connectivity index (χ3v) is 2.82. The highest BCUT2D eigenvalue weighted by molar-refractivity contribution is 5.20. The summed E-state index contributed by atoms with van der Waals surface area (Å²) in [6.45, 7) is 5.57. The normalized spacial score (nSPS) is 10.6. The number of aromatic nitrogens is 2. The lowest BCUT2D eigenvalue weighted by Gasteiger charge is -2.06. The number of ether oxygens (including phenoxy) is 1. The average molecular weight is 259 g/mol. The summed E-state index contributed by atoms with van der Waals surface area (Å²) in [5, 5.41) is 3.27. The number of rotatable bonds is 8. The van der Waals surface area contributed by atoms with Crippen LogP contribution in [0.15, 0.2) is 42.9 Å². The van der Waals surface area contributed by atoms with Gasteiger partial charge in [0.15, 0.2) is 0 Å². The molecule has 102 valence electrons. The van der Waals surface area contributed by atoms with Crippen molar-refractivity contribution in [3.8, 4) is 5.75 Å². The van der Waals surface area contributed by atoms with Crippen LogP contribution < -0.4 is 10.1 Å². The zero-order valence-electron chi connectivity index (χ0n) is 11.4. The van der Waals surface area contributed by atoms with Crippen molar-refractivity contribution in [2.45, 2.75) is 26.4 Å². The number of hydrogen-bond donors (Lipinski definition) is 1. The van der Waals surface area contributed by atoms with E-state index in [-0.39, 0.29) is 0 Å². The molecule has 4 nitrogen and oxygen atoms in total. The van der Waals surface area contributed by atoms with Crippen molar-refractivity contribution < 1.29 is 4.74 Å². The smallest absolute Gasteiger partial charge is 0.119 e. The zero-order chi connectivity index (χ0) is 13.3. The Morgan fingerprint density at radius 2 is 2.11 bits per heavy atom. The highest BCUT2D eigenvalue weighted by atomic mass is 16.5. The first-order chi connectivity index (χ1) is 9.38. The number of benzene rings is 1. The fraction of sp³-hybridized carbons (Fsp3) is 0.400. The second-order valence-corrected chi connectivity index (χ2v) is 4.40. The summed E-state index contributed by atoms with van der Waals surface area (Å²) in [4.78, 5) is 4.35. The van der Waals surface area contributed by atoms with Crippen LogP contribution >= 0.6 is 0 Å². The molecule has 19 heavy (non-hydrogen) atoms. The van der Waals surface area contributed by atoms with E-state index in [9.17, 15) is 0 Å². The molecule has 1 aromatic carbocycles. The molecule has 0 spiro atoms. The van der Waals surface area contributed by atoms with E-state index in [1.54, 1.807) is 0 Å². The largest absolute Gasteiger partial charge is 0.494 e. The first kappa shape index (κ1) is 13.6. The van der Waals surface area contributed by atoms with Gasteiger partial charge in [-0.05, 0) is 25.1 Å².